The molecule has 1 N–H and O–H groups in total. The molecule has 1 aromatic heterocycles. The van der Waals surface area contributed by atoms with Gasteiger partial charge in [-0.2, -0.15) is 4.31 Å². The Morgan fingerprint density at radius 2 is 2.14 bits per heavy atom. The molecule has 10 heteroatoms. The molecular formula is C11H19N3O5S2. The number of likely N-dealkylation sites (N-methyl/N-ethyl adjacent to an activating group) is 1. The van der Waals surface area contributed by atoms with Crippen molar-refractivity contribution in [1.29, 1.82) is 0 Å². The molecule has 1 rings (SSSR count). The number of hydrogen-bond acceptors (Lipinski definition) is 7. The van der Waals surface area contributed by atoms with Crippen molar-refractivity contribution < 1.29 is 18.1 Å². The van der Waals surface area contributed by atoms with Crippen LogP contribution >= 0.6 is 11.3 Å². The summed E-state index contributed by atoms with van der Waals surface area (Å²) < 4.78 is 31.1. The van der Waals surface area contributed by atoms with Gasteiger partial charge in [0.25, 0.3) is 10.0 Å². The minimum absolute atomic E-state index is 0.0137. The summed E-state index contributed by atoms with van der Waals surface area (Å²) >= 11 is 0.840. The smallest absolute Gasteiger partial charge is 0.304 e. The molecule has 1 heterocycles. The standard InChI is InChI=1S/C11H19N3O5S2/c1-8(2)19-6-5-13(4)21(17,18)10-7-9(14(15)16)11(12-3)20-10/h7-8,12H,5-6H2,1-4H3. The van der Waals surface area contributed by atoms with E-state index in [1.54, 1.807) is 0 Å². The molecule has 0 aromatic carbocycles. The zero-order valence-corrected chi connectivity index (χ0v) is 14.0. The Labute approximate surface area is 127 Å². The van der Waals surface area contributed by atoms with Crippen LogP contribution in [0.5, 0.6) is 0 Å². The monoisotopic (exact) mass is 337 g/mol. The first-order valence-electron chi connectivity index (χ1n) is 6.24. The first-order chi connectivity index (χ1) is 9.70. The number of nitro groups is 1. The fourth-order valence-electron chi connectivity index (χ4n) is 1.49. The number of sulfonamides is 1. The van der Waals surface area contributed by atoms with Crippen molar-refractivity contribution in [3.8, 4) is 0 Å². The molecule has 0 aliphatic heterocycles. The second-order valence-corrected chi connectivity index (χ2v) is 7.86. The summed E-state index contributed by atoms with van der Waals surface area (Å²) in [7, 11) is -0.825. The topological polar surface area (TPSA) is 102 Å². The Bertz CT molecular complexity index is 597. The fraction of sp³-hybridized carbons (Fsp3) is 0.636. The van der Waals surface area contributed by atoms with Gasteiger partial charge in [-0.25, -0.2) is 8.42 Å². The van der Waals surface area contributed by atoms with E-state index in [1.165, 1.54) is 14.1 Å². The van der Waals surface area contributed by atoms with E-state index in [9.17, 15) is 18.5 Å². The SMILES string of the molecule is CNc1sc(S(=O)(=O)N(C)CCOC(C)C)cc1[N+](=O)[O-]. The summed E-state index contributed by atoms with van der Waals surface area (Å²) in [6.45, 7) is 4.16. The Morgan fingerprint density at radius 3 is 2.57 bits per heavy atom. The number of ether oxygens (including phenoxy) is 1. The average molecular weight is 337 g/mol. The first kappa shape index (κ1) is 17.8. The van der Waals surface area contributed by atoms with E-state index in [-0.39, 0.29) is 34.2 Å². The molecule has 0 atom stereocenters. The zero-order valence-electron chi connectivity index (χ0n) is 12.3. The van der Waals surface area contributed by atoms with Crippen LogP contribution in [0.15, 0.2) is 10.3 Å². The van der Waals surface area contributed by atoms with Crippen molar-refractivity contribution in [3.05, 3.63) is 16.2 Å². The average Bonchev–Trinajstić information content (AvgIpc) is 2.82. The number of hydrogen-bond donors (Lipinski definition) is 1. The van der Waals surface area contributed by atoms with Crippen molar-refractivity contribution >= 4 is 32.0 Å². The van der Waals surface area contributed by atoms with Crippen LogP contribution in [0.1, 0.15) is 13.8 Å². The molecule has 0 radical (unpaired) electrons. The molecule has 0 unspecified atom stereocenters. The van der Waals surface area contributed by atoms with Gasteiger partial charge in [0.05, 0.1) is 17.6 Å². The normalized spacial score (nSPS) is 12.1. The van der Waals surface area contributed by atoms with Gasteiger partial charge in [-0.1, -0.05) is 11.3 Å². The van der Waals surface area contributed by atoms with Crippen LogP contribution in [0, 0.1) is 10.1 Å². The summed E-state index contributed by atoms with van der Waals surface area (Å²) in [5.41, 5.74) is -0.243. The van der Waals surface area contributed by atoms with Crippen LogP contribution in [0.4, 0.5) is 10.7 Å². The lowest BCUT2D eigenvalue weighted by Gasteiger charge is -2.16. The molecule has 0 saturated carbocycles. The molecule has 8 nitrogen and oxygen atoms in total. The summed E-state index contributed by atoms with van der Waals surface area (Å²) in [5.74, 6) is 0. The third kappa shape index (κ3) is 4.37. The van der Waals surface area contributed by atoms with Gasteiger partial charge in [0.2, 0.25) is 0 Å². The maximum absolute atomic E-state index is 12.3. The highest BCUT2D eigenvalue weighted by molar-refractivity contribution is 7.91. The first-order valence-corrected chi connectivity index (χ1v) is 8.49. The van der Waals surface area contributed by atoms with E-state index in [2.05, 4.69) is 5.32 Å². The molecule has 0 fully saturated rings. The Kier molecular flexibility index (Phi) is 6.08. The molecular weight excluding hydrogens is 318 g/mol. The van der Waals surface area contributed by atoms with Gasteiger partial charge >= 0.3 is 5.69 Å². The third-order valence-corrected chi connectivity index (χ3v) is 6.08. The molecule has 0 aliphatic carbocycles. The van der Waals surface area contributed by atoms with Crippen LogP contribution in [0.2, 0.25) is 0 Å². The third-order valence-electron chi connectivity index (χ3n) is 2.64. The summed E-state index contributed by atoms with van der Waals surface area (Å²) in [5, 5.41) is 13.7. The number of nitrogens with one attached hydrogen (secondary N) is 1. The van der Waals surface area contributed by atoms with Crippen LogP contribution < -0.4 is 5.32 Å². The highest BCUT2D eigenvalue weighted by Gasteiger charge is 2.28. The summed E-state index contributed by atoms with van der Waals surface area (Å²) in [6, 6.07) is 1.08. The van der Waals surface area contributed by atoms with E-state index in [4.69, 9.17) is 4.74 Å². The van der Waals surface area contributed by atoms with Gasteiger partial charge in [-0.3, -0.25) is 10.1 Å². The van der Waals surface area contributed by atoms with Crippen molar-refractivity contribution in [2.75, 3.05) is 32.6 Å². The molecule has 120 valence electrons. The zero-order chi connectivity index (χ0) is 16.2. The Hall–Kier alpha value is -1.23. The largest absolute Gasteiger partial charge is 0.377 e. The predicted molar refractivity (Wildman–Crippen MR) is 81.4 cm³/mol. The predicted octanol–water partition coefficient (Wildman–Crippen LogP) is 1.74. The lowest BCUT2D eigenvalue weighted by atomic mass is 10.5. The van der Waals surface area contributed by atoms with Crippen molar-refractivity contribution in [1.82, 2.24) is 4.31 Å². The second kappa shape index (κ2) is 7.16. The maximum atomic E-state index is 12.3. The molecule has 0 spiro atoms. The Balaban J connectivity index is 2.94. The summed E-state index contributed by atoms with van der Waals surface area (Å²) in [4.78, 5) is 10.3. The maximum Gasteiger partial charge on any atom is 0.304 e. The van der Waals surface area contributed by atoms with E-state index in [0.29, 0.717) is 0 Å². The Morgan fingerprint density at radius 1 is 1.52 bits per heavy atom. The van der Waals surface area contributed by atoms with E-state index in [0.717, 1.165) is 21.7 Å². The van der Waals surface area contributed by atoms with Crippen LogP contribution in [0.25, 0.3) is 0 Å². The molecule has 0 saturated heterocycles. The number of nitrogens with zero attached hydrogens (tertiary/aromatic N) is 2. The van der Waals surface area contributed by atoms with Gasteiger partial charge in [0.15, 0.2) is 5.00 Å². The van der Waals surface area contributed by atoms with Crippen LogP contribution in [0.3, 0.4) is 0 Å². The summed E-state index contributed by atoms with van der Waals surface area (Å²) in [6.07, 6.45) is 0.0137. The van der Waals surface area contributed by atoms with Crippen LogP contribution in [-0.2, 0) is 14.8 Å². The van der Waals surface area contributed by atoms with Gasteiger partial charge in [-0.15, -0.1) is 0 Å². The van der Waals surface area contributed by atoms with Crippen LogP contribution in [-0.4, -0.2) is 51.0 Å². The van der Waals surface area contributed by atoms with E-state index < -0.39 is 14.9 Å². The molecule has 0 amide bonds. The van der Waals surface area contributed by atoms with E-state index in [1.807, 2.05) is 13.8 Å². The minimum Gasteiger partial charge on any atom is -0.377 e. The molecule has 1 aromatic rings. The van der Waals surface area contributed by atoms with Crippen molar-refractivity contribution in [2.45, 2.75) is 24.2 Å². The van der Waals surface area contributed by atoms with Gasteiger partial charge < -0.3 is 10.1 Å². The van der Waals surface area contributed by atoms with Crippen molar-refractivity contribution in [3.63, 3.8) is 0 Å². The molecule has 21 heavy (non-hydrogen) atoms. The number of rotatable bonds is 8. The fourth-order valence-corrected chi connectivity index (χ4v) is 4.14. The number of thiophene rings is 1. The lowest BCUT2D eigenvalue weighted by Crippen LogP contribution is -2.30. The highest BCUT2D eigenvalue weighted by Crippen LogP contribution is 2.37. The molecule has 0 bridgehead atoms. The minimum atomic E-state index is -3.75. The lowest BCUT2D eigenvalue weighted by molar-refractivity contribution is -0.383. The van der Waals surface area contributed by atoms with Gasteiger partial charge in [-0.05, 0) is 13.8 Å². The highest BCUT2D eigenvalue weighted by atomic mass is 32.2. The van der Waals surface area contributed by atoms with Gasteiger partial charge in [0, 0.05) is 26.7 Å². The van der Waals surface area contributed by atoms with E-state index >= 15 is 0 Å². The van der Waals surface area contributed by atoms with Gasteiger partial charge in [0.1, 0.15) is 4.21 Å². The quantitative estimate of drug-likeness (QED) is 0.573. The number of anilines is 1. The molecule has 0 aliphatic rings. The second-order valence-electron chi connectivity index (χ2n) is 4.53. The van der Waals surface area contributed by atoms with Crippen molar-refractivity contribution in [2.24, 2.45) is 0 Å².